The Morgan fingerprint density at radius 2 is 1.92 bits per heavy atom. The molecule has 0 unspecified atom stereocenters. The molecule has 1 N–H and O–H groups in total. The number of rotatable bonds is 3. The second-order valence-corrected chi connectivity index (χ2v) is 6.17. The van der Waals surface area contributed by atoms with Crippen LogP contribution >= 0.6 is 11.6 Å². The highest BCUT2D eigenvalue weighted by Gasteiger charge is 2.22. The maximum absolute atomic E-state index is 12.7. The first kappa shape index (κ1) is 16.1. The van der Waals surface area contributed by atoms with E-state index in [1.807, 2.05) is 24.3 Å². The van der Waals surface area contributed by atoms with E-state index in [2.05, 4.69) is 10.2 Å². The molecule has 0 atom stereocenters. The number of fused-ring (bicyclic) bond motifs is 1. The Morgan fingerprint density at radius 3 is 2.76 bits per heavy atom. The molecule has 0 spiro atoms. The number of ether oxygens (including phenoxy) is 3. The van der Waals surface area contributed by atoms with Crippen molar-refractivity contribution >= 4 is 28.9 Å². The van der Waals surface area contributed by atoms with E-state index in [1.165, 1.54) is 0 Å². The number of amides is 1. The van der Waals surface area contributed by atoms with Gasteiger partial charge in [0.15, 0.2) is 11.5 Å². The lowest BCUT2D eigenvalue weighted by Gasteiger charge is -2.30. The molecule has 0 aromatic heterocycles. The zero-order chi connectivity index (χ0) is 17.2. The summed E-state index contributed by atoms with van der Waals surface area (Å²) in [5, 5.41) is 3.33. The number of hydrogen-bond acceptors (Lipinski definition) is 5. The molecule has 2 heterocycles. The summed E-state index contributed by atoms with van der Waals surface area (Å²) in [6.07, 6.45) is 0. The van der Waals surface area contributed by atoms with Gasteiger partial charge in [-0.1, -0.05) is 23.7 Å². The van der Waals surface area contributed by atoms with E-state index in [0.29, 0.717) is 35.3 Å². The maximum Gasteiger partial charge on any atom is 0.255 e. The zero-order valence-corrected chi connectivity index (χ0v) is 14.2. The lowest BCUT2D eigenvalue weighted by Crippen LogP contribution is -2.36. The Balaban J connectivity index is 1.58. The van der Waals surface area contributed by atoms with Gasteiger partial charge >= 0.3 is 0 Å². The lowest BCUT2D eigenvalue weighted by atomic mass is 10.1. The number of para-hydroxylation sites is 2. The average Bonchev–Trinajstić information content (AvgIpc) is 3.12. The van der Waals surface area contributed by atoms with Crippen LogP contribution in [0, 0.1) is 0 Å². The van der Waals surface area contributed by atoms with Gasteiger partial charge < -0.3 is 24.4 Å². The van der Waals surface area contributed by atoms with Crippen LogP contribution in [0.15, 0.2) is 36.4 Å². The molecule has 1 fully saturated rings. The molecule has 1 saturated heterocycles. The topological polar surface area (TPSA) is 60.0 Å². The van der Waals surface area contributed by atoms with Crippen LogP contribution in [0.1, 0.15) is 10.4 Å². The number of carbonyl (C=O) groups is 1. The Labute approximate surface area is 150 Å². The highest BCUT2D eigenvalue weighted by atomic mass is 35.5. The number of benzene rings is 2. The molecule has 4 rings (SSSR count). The van der Waals surface area contributed by atoms with E-state index in [9.17, 15) is 4.79 Å². The number of anilines is 2. The van der Waals surface area contributed by atoms with Crippen LogP contribution in [0.4, 0.5) is 11.4 Å². The Bertz CT molecular complexity index is 806. The largest absolute Gasteiger partial charge is 0.454 e. The van der Waals surface area contributed by atoms with Crippen molar-refractivity contribution in [3.63, 3.8) is 0 Å². The number of nitrogens with zero attached hydrogens (tertiary/aromatic N) is 1. The molecule has 25 heavy (non-hydrogen) atoms. The van der Waals surface area contributed by atoms with E-state index in [1.54, 1.807) is 12.1 Å². The molecular weight excluding hydrogens is 344 g/mol. The molecule has 0 saturated carbocycles. The van der Waals surface area contributed by atoms with Gasteiger partial charge in [-0.15, -0.1) is 0 Å². The Hall–Kier alpha value is -2.44. The molecule has 0 aliphatic carbocycles. The van der Waals surface area contributed by atoms with Gasteiger partial charge in [0.05, 0.1) is 29.6 Å². The van der Waals surface area contributed by atoms with Gasteiger partial charge in [0, 0.05) is 18.7 Å². The highest BCUT2D eigenvalue weighted by molar-refractivity contribution is 6.33. The van der Waals surface area contributed by atoms with Gasteiger partial charge in [-0.25, -0.2) is 0 Å². The van der Waals surface area contributed by atoms with Gasteiger partial charge in [-0.05, 0) is 24.3 Å². The van der Waals surface area contributed by atoms with Crippen LogP contribution in [0.5, 0.6) is 11.5 Å². The summed E-state index contributed by atoms with van der Waals surface area (Å²) in [6.45, 7) is 3.06. The lowest BCUT2D eigenvalue weighted by molar-refractivity contribution is 0.102. The monoisotopic (exact) mass is 360 g/mol. The fraction of sp³-hybridized carbons (Fsp3) is 0.278. The smallest absolute Gasteiger partial charge is 0.255 e. The summed E-state index contributed by atoms with van der Waals surface area (Å²) >= 11 is 6.17. The third-order valence-electron chi connectivity index (χ3n) is 4.19. The Morgan fingerprint density at radius 1 is 1.12 bits per heavy atom. The van der Waals surface area contributed by atoms with E-state index >= 15 is 0 Å². The van der Waals surface area contributed by atoms with Crippen LogP contribution in [-0.2, 0) is 4.74 Å². The van der Waals surface area contributed by atoms with Crippen molar-refractivity contribution in [2.75, 3.05) is 43.3 Å². The molecular formula is C18H17ClN2O4. The van der Waals surface area contributed by atoms with Crippen LogP contribution in [0.3, 0.4) is 0 Å². The number of carbonyl (C=O) groups excluding carboxylic acids is 1. The normalized spacial score (nSPS) is 16.0. The van der Waals surface area contributed by atoms with Crippen molar-refractivity contribution in [2.24, 2.45) is 0 Å². The quantitative estimate of drug-likeness (QED) is 0.911. The van der Waals surface area contributed by atoms with Crippen molar-refractivity contribution in [1.82, 2.24) is 0 Å². The van der Waals surface area contributed by atoms with E-state index in [4.69, 9.17) is 25.8 Å². The summed E-state index contributed by atoms with van der Waals surface area (Å²) in [5.74, 6) is 0.715. The summed E-state index contributed by atoms with van der Waals surface area (Å²) in [6, 6.07) is 11.0. The molecule has 0 bridgehead atoms. The fourth-order valence-corrected chi connectivity index (χ4v) is 3.22. The van der Waals surface area contributed by atoms with Crippen molar-refractivity contribution < 1.29 is 19.0 Å². The first-order valence-electron chi connectivity index (χ1n) is 8.04. The Kier molecular flexibility index (Phi) is 4.38. The fourth-order valence-electron chi connectivity index (χ4n) is 2.95. The van der Waals surface area contributed by atoms with Crippen LogP contribution in [-0.4, -0.2) is 39.0 Å². The molecule has 7 heteroatoms. The molecule has 2 aliphatic rings. The summed E-state index contributed by atoms with van der Waals surface area (Å²) in [4.78, 5) is 14.9. The second kappa shape index (κ2) is 6.82. The first-order valence-corrected chi connectivity index (χ1v) is 8.42. The van der Waals surface area contributed by atoms with Crippen molar-refractivity contribution in [1.29, 1.82) is 0 Å². The van der Waals surface area contributed by atoms with Gasteiger partial charge in [-0.2, -0.15) is 0 Å². The third kappa shape index (κ3) is 3.23. The molecule has 0 radical (unpaired) electrons. The minimum atomic E-state index is -0.249. The summed E-state index contributed by atoms with van der Waals surface area (Å²) in [5.41, 5.74) is 2.15. The molecule has 6 nitrogen and oxygen atoms in total. The predicted octanol–water partition coefficient (Wildman–Crippen LogP) is 3.16. The maximum atomic E-state index is 12.7. The van der Waals surface area contributed by atoms with Crippen LogP contribution < -0.4 is 19.7 Å². The molecule has 2 aromatic carbocycles. The van der Waals surface area contributed by atoms with E-state index < -0.39 is 0 Å². The SMILES string of the molecule is O=C(Nc1ccccc1N1CCOCC1)c1cc(Cl)c2c(c1)OCO2. The minimum Gasteiger partial charge on any atom is -0.454 e. The number of nitrogens with one attached hydrogen (secondary N) is 1. The molecule has 2 aromatic rings. The van der Waals surface area contributed by atoms with Gasteiger partial charge in [0.1, 0.15) is 0 Å². The van der Waals surface area contributed by atoms with Gasteiger partial charge in [0.2, 0.25) is 6.79 Å². The summed E-state index contributed by atoms with van der Waals surface area (Å²) in [7, 11) is 0. The van der Waals surface area contributed by atoms with E-state index in [0.717, 1.165) is 24.5 Å². The zero-order valence-electron chi connectivity index (χ0n) is 13.5. The third-order valence-corrected chi connectivity index (χ3v) is 4.47. The molecule has 1 amide bonds. The second-order valence-electron chi connectivity index (χ2n) is 5.76. The van der Waals surface area contributed by atoms with Gasteiger partial charge in [-0.3, -0.25) is 4.79 Å². The number of hydrogen-bond donors (Lipinski definition) is 1. The molecule has 130 valence electrons. The average molecular weight is 361 g/mol. The first-order chi connectivity index (χ1) is 12.2. The van der Waals surface area contributed by atoms with Crippen molar-refractivity contribution in [3.05, 3.63) is 47.0 Å². The minimum absolute atomic E-state index is 0.111. The predicted molar refractivity (Wildman–Crippen MR) is 95.0 cm³/mol. The standard InChI is InChI=1S/C18H17ClN2O4/c19-13-9-12(10-16-17(13)25-11-24-16)18(22)20-14-3-1-2-4-15(14)21-5-7-23-8-6-21/h1-4,9-10H,5-8,11H2,(H,20,22). The summed E-state index contributed by atoms with van der Waals surface area (Å²) < 4.78 is 16.0. The van der Waals surface area contributed by atoms with Crippen LogP contribution in [0.25, 0.3) is 0 Å². The van der Waals surface area contributed by atoms with Crippen LogP contribution in [0.2, 0.25) is 5.02 Å². The highest BCUT2D eigenvalue weighted by Crippen LogP contribution is 2.40. The van der Waals surface area contributed by atoms with Crippen molar-refractivity contribution in [2.45, 2.75) is 0 Å². The van der Waals surface area contributed by atoms with Crippen molar-refractivity contribution in [3.8, 4) is 11.5 Å². The number of morpholine rings is 1. The molecule has 2 aliphatic heterocycles. The number of halogens is 1. The van der Waals surface area contributed by atoms with Gasteiger partial charge in [0.25, 0.3) is 5.91 Å². The van der Waals surface area contributed by atoms with E-state index in [-0.39, 0.29) is 12.7 Å².